The van der Waals surface area contributed by atoms with Gasteiger partial charge in [-0.15, -0.1) is 0 Å². The summed E-state index contributed by atoms with van der Waals surface area (Å²) in [6.45, 7) is 1.78. The van der Waals surface area contributed by atoms with Gasteiger partial charge in [0, 0.05) is 43.8 Å². The summed E-state index contributed by atoms with van der Waals surface area (Å²) in [6, 6.07) is 4.24. The number of anilines is 1. The first-order valence-electron chi connectivity index (χ1n) is 5.61. The Labute approximate surface area is 106 Å². The van der Waals surface area contributed by atoms with Crippen LogP contribution in [0, 0.1) is 0 Å². The minimum Gasteiger partial charge on any atom is -0.370 e. The SMILES string of the molecule is CNCc1cnccc1N(C)Cc1ccsc1. The summed E-state index contributed by atoms with van der Waals surface area (Å²) in [6.07, 6.45) is 3.77. The maximum absolute atomic E-state index is 4.18. The number of rotatable bonds is 5. The zero-order valence-corrected chi connectivity index (χ0v) is 11.0. The zero-order chi connectivity index (χ0) is 12.1. The van der Waals surface area contributed by atoms with E-state index in [4.69, 9.17) is 0 Å². The summed E-state index contributed by atoms with van der Waals surface area (Å²) in [5.41, 5.74) is 3.82. The summed E-state index contributed by atoms with van der Waals surface area (Å²) < 4.78 is 0. The third-order valence-electron chi connectivity index (χ3n) is 2.66. The Morgan fingerprint density at radius 1 is 1.41 bits per heavy atom. The van der Waals surface area contributed by atoms with Gasteiger partial charge in [0.2, 0.25) is 0 Å². The molecule has 0 aliphatic rings. The largest absolute Gasteiger partial charge is 0.370 e. The molecule has 3 nitrogen and oxygen atoms in total. The van der Waals surface area contributed by atoms with E-state index in [9.17, 15) is 0 Å². The minimum atomic E-state index is 0.844. The van der Waals surface area contributed by atoms with E-state index >= 15 is 0 Å². The molecule has 2 heterocycles. The van der Waals surface area contributed by atoms with Crippen molar-refractivity contribution in [1.29, 1.82) is 0 Å². The lowest BCUT2D eigenvalue weighted by Gasteiger charge is -2.21. The standard InChI is InChI=1S/C13H17N3S/c1-14-7-12-8-15-5-3-13(12)16(2)9-11-4-6-17-10-11/h3-6,8,10,14H,7,9H2,1-2H3. The number of aromatic nitrogens is 1. The van der Waals surface area contributed by atoms with Gasteiger partial charge in [-0.3, -0.25) is 4.98 Å². The second kappa shape index (κ2) is 5.80. The highest BCUT2D eigenvalue weighted by Crippen LogP contribution is 2.20. The fraction of sp³-hybridized carbons (Fsp3) is 0.308. The number of hydrogen-bond donors (Lipinski definition) is 1. The van der Waals surface area contributed by atoms with Gasteiger partial charge in [0.1, 0.15) is 0 Å². The molecular formula is C13H17N3S. The smallest absolute Gasteiger partial charge is 0.0443 e. The molecule has 0 atom stereocenters. The van der Waals surface area contributed by atoms with Crippen molar-refractivity contribution in [3.05, 3.63) is 46.4 Å². The predicted octanol–water partition coefficient (Wildman–Crippen LogP) is 2.50. The van der Waals surface area contributed by atoms with Gasteiger partial charge in [-0.1, -0.05) is 0 Å². The van der Waals surface area contributed by atoms with Gasteiger partial charge in [-0.2, -0.15) is 11.3 Å². The van der Waals surface area contributed by atoms with E-state index in [0.717, 1.165) is 13.1 Å². The summed E-state index contributed by atoms with van der Waals surface area (Å²) >= 11 is 1.74. The first-order chi connectivity index (χ1) is 8.31. The van der Waals surface area contributed by atoms with Crippen LogP contribution in [0.5, 0.6) is 0 Å². The Morgan fingerprint density at radius 3 is 3.00 bits per heavy atom. The van der Waals surface area contributed by atoms with Gasteiger partial charge in [-0.05, 0) is 35.5 Å². The van der Waals surface area contributed by atoms with Crippen molar-refractivity contribution < 1.29 is 0 Å². The molecule has 0 aromatic carbocycles. The average Bonchev–Trinajstić information content (AvgIpc) is 2.83. The van der Waals surface area contributed by atoms with Gasteiger partial charge in [0.15, 0.2) is 0 Å². The average molecular weight is 247 g/mol. The van der Waals surface area contributed by atoms with Gasteiger partial charge in [0.25, 0.3) is 0 Å². The van der Waals surface area contributed by atoms with Gasteiger partial charge in [-0.25, -0.2) is 0 Å². The molecule has 0 spiro atoms. The van der Waals surface area contributed by atoms with Crippen LogP contribution < -0.4 is 10.2 Å². The van der Waals surface area contributed by atoms with Crippen LogP contribution in [-0.4, -0.2) is 19.1 Å². The van der Waals surface area contributed by atoms with Crippen LogP contribution in [-0.2, 0) is 13.1 Å². The Bertz CT molecular complexity index is 453. The molecule has 0 unspecified atom stereocenters. The molecule has 2 aromatic heterocycles. The van der Waals surface area contributed by atoms with Crippen molar-refractivity contribution in [2.75, 3.05) is 19.0 Å². The van der Waals surface area contributed by atoms with E-state index < -0.39 is 0 Å². The van der Waals surface area contributed by atoms with Crippen molar-refractivity contribution in [2.45, 2.75) is 13.1 Å². The van der Waals surface area contributed by atoms with Crippen LogP contribution >= 0.6 is 11.3 Å². The second-order valence-corrected chi connectivity index (χ2v) is 4.80. The highest BCUT2D eigenvalue weighted by Gasteiger charge is 2.07. The molecule has 0 saturated heterocycles. The number of pyridine rings is 1. The Balaban J connectivity index is 2.15. The third kappa shape index (κ3) is 3.05. The molecular weight excluding hydrogens is 230 g/mol. The van der Waals surface area contributed by atoms with E-state index in [2.05, 4.69) is 45.1 Å². The second-order valence-electron chi connectivity index (χ2n) is 4.02. The summed E-state index contributed by atoms with van der Waals surface area (Å²) in [4.78, 5) is 6.44. The van der Waals surface area contributed by atoms with Crippen molar-refractivity contribution >= 4 is 17.0 Å². The molecule has 4 heteroatoms. The Kier molecular flexibility index (Phi) is 4.12. The van der Waals surface area contributed by atoms with Crippen molar-refractivity contribution in [1.82, 2.24) is 10.3 Å². The number of nitrogens with zero attached hydrogens (tertiary/aromatic N) is 2. The molecule has 1 N–H and O–H groups in total. The summed E-state index contributed by atoms with van der Waals surface area (Å²) in [7, 11) is 4.07. The lowest BCUT2D eigenvalue weighted by atomic mass is 10.2. The number of nitrogens with one attached hydrogen (secondary N) is 1. The molecule has 0 radical (unpaired) electrons. The van der Waals surface area contributed by atoms with Crippen LogP contribution in [0.25, 0.3) is 0 Å². The molecule has 0 bridgehead atoms. The third-order valence-corrected chi connectivity index (χ3v) is 3.39. The molecule has 0 fully saturated rings. The van der Waals surface area contributed by atoms with E-state index in [0.29, 0.717) is 0 Å². The predicted molar refractivity (Wildman–Crippen MR) is 73.4 cm³/mol. The van der Waals surface area contributed by atoms with E-state index in [1.54, 1.807) is 11.3 Å². The number of hydrogen-bond acceptors (Lipinski definition) is 4. The summed E-state index contributed by atoms with van der Waals surface area (Å²) in [5, 5.41) is 7.48. The maximum atomic E-state index is 4.18. The van der Waals surface area contributed by atoms with Crippen LogP contribution in [0.15, 0.2) is 35.3 Å². The van der Waals surface area contributed by atoms with E-state index in [1.165, 1.54) is 16.8 Å². The number of thiophene rings is 1. The van der Waals surface area contributed by atoms with Gasteiger partial charge in [0.05, 0.1) is 0 Å². The molecule has 0 aliphatic heterocycles. The minimum absolute atomic E-state index is 0.844. The normalized spacial score (nSPS) is 10.5. The Morgan fingerprint density at radius 2 is 2.29 bits per heavy atom. The Hall–Kier alpha value is -1.39. The highest BCUT2D eigenvalue weighted by molar-refractivity contribution is 7.07. The lowest BCUT2D eigenvalue weighted by molar-refractivity contribution is 0.801. The molecule has 2 aromatic rings. The van der Waals surface area contributed by atoms with Crippen molar-refractivity contribution in [2.24, 2.45) is 0 Å². The molecule has 90 valence electrons. The fourth-order valence-electron chi connectivity index (χ4n) is 1.86. The molecule has 0 saturated carbocycles. The van der Waals surface area contributed by atoms with Crippen LogP contribution in [0.2, 0.25) is 0 Å². The van der Waals surface area contributed by atoms with Crippen LogP contribution in [0.4, 0.5) is 5.69 Å². The van der Waals surface area contributed by atoms with E-state index in [1.807, 2.05) is 19.4 Å². The molecule has 0 aliphatic carbocycles. The topological polar surface area (TPSA) is 28.2 Å². The van der Waals surface area contributed by atoms with Gasteiger partial charge >= 0.3 is 0 Å². The highest BCUT2D eigenvalue weighted by atomic mass is 32.1. The molecule has 0 amide bonds. The van der Waals surface area contributed by atoms with Crippen molar-refractivity contribution in [3.63, 3.8) is 0 Å². The summed E-state index contributed by atoms with van der Waals surface area (Å²) in [5.74, 6) is 0. The quantitative estimate of drug-likeness (QED) is 0.880. The first-order valence-corrected chi connectivity index (χ1v) is 6.55. The fourth-order valence-corrected chi connectivity index (χ4v) is 2.52. The zero-order valence-electron chi connectivity index (χ0n) is 10.2. The lowest BCUT2D eigenvalue weighted by Crippen LogP contribution is -2.19. The van der Waals surface area contributed by atoms with Crippen molar-refractivity contribution in [3.8, 4) is 0 Å². The van der Waals surface area contributed by atoms with Crippen LogP contribution in [0.3, 0.4) is 0 Å². The van der Waals surface area contributed by atoms with E-state index in [-0.39, 0.29) is 0 Å². The van der Waals surface area contributed by atoms with Crippen LogP contribution in [0.1, 0.15) is 11.1 Å². The van der Waals surface area contributed by atoms with Gasteiger partial charge < -0.3 is 10.2 Å². The molecule has 2 rings (SSSR count). The monoisotopic (exact) mass is 247 g/mol. The first kappa shape index (κ1) is 12.1. The maximum Gasteiger partial charge on any atom is 0.0443 e. The molecule has 17 heavy (non-hydrogen) atoms.